The fourth-order valence-electron chi connectivity index (χ4n) is 2.56. The molecule has 5 heteroatoms. The number of hydrogen-bond donors (Lipinski definition) is 3. The molecule has 3 N–H and O–H groups in total. The number of carbonyl (C=O) groups excluding carboxylic acids is 1. The first kappa shape index (κ1) is 15.3. The lowest BCUT2D eigenvalue weighted by molar-refractivity contribution is -1.000. The zero-order valence-corrected chi connectivity index (χ0v) is 13.0. The minimum atomic E-state index is 0.0252. The quantitative estimate of drug-likeness (QED) is 0.651. The highest BCUT2D eigenvalue weighted by atomic mass is 35.5. The molecule has 2 rings (SSSR count). The lowest BCUT2D eigenvalue weighted by Crippen LogP contribution is -3.27. The van der Waals surface area contributed by atoms with Crippen LogP contribution in [0.5, 0.6) is 0 Å². The number of amides is 1. The van der Waals surface area contributed by atoms with Crippen molar-refractivity contribution >= 4 is 17.5 Å². The zero-order chi connectivity index (χ0) is 14.5. The van der Waals surface area contributed by atoms with Crippen molar-refractivity contribution in [3.8, 4) is 0 Å². The maximum Gasteiger partial charge on any atom is 0.275 e. The molecule has 4 nitrogen and oxygen atoms in total. The van der Waals surface area contributed by atoms with Gasteiger partial charge in [0.25, 0.3) is 5.91 Å². The Kier molecular flexibility index (Phi) is 5.40. The predicted molar refractivity (Wildman–Crippen MR) is 80.2 cm³/mol. The summed E-state index contributed by atoms with van der Waals surface area (Å²) in [6.07, 6.45) is 0. The number of carbonyl (C=O) groups is 1. The Balaban J connectivity index is 1.80. The third-order valence-corrected chi connectivity index (χ3v) is 4.22. The van der Waals surface area contributed by atoms with E-state index in [0.717, 1.165) is 36.8 Å². The molecule has 0 bridgehead atoms. The number of benzene rings is 1. The second-order valence-electron chi connectivity index (χ2n) is 5.72. The highest BCUT2D eigenvalue weighted by Gasteiger charge is 2.22. The minimum absolute atomic E-state index is 0.0252. The van der Waals surface area contributed by atoms with Crippen molar-refractivity contribution in [3.63, 3.8) is 0 Å². The number of likely N-dealkylation sites (N-methyl/N-ethyl adjacent to an activating group) is 1. The van der Waals surface area contributed by atoms with Crippen LogP contribution in [0.15, 0.2) is 24.3 Å². The number of piperazine rings is 1. The van der Waals surface area contributed by atoms with Gasteiger partial charge in [0.15, 0.2) is 6.54 Å². The Hall–Kier alpha value is -1.10. The molecule has 0 radical (unpaired) electrons. The topological polar surface area (TPSA) is 38.0 Å². The van der Waals surface area contributed by atoms with Crippen molar-refractivity contribution in [1.29, 1.82) is 0 Å². The Bertz CT molecular complexity index is 441. The molecular formula is C15H24ClN3O+2. The van der Waals surface area contributed by atoms with Crippen LogP contribution in [0.1, 0.15) is 18.5 Å². The molecule has 1 aromatic rings. The lowest BCUT2D eigenvalue weighted by Gasteiger charge is -2.27. The Morgan fingerprint density at radius 2 is 1.85 bits per heavy atom. The van der Waals surface area contributed by atoms with E-state index >= 15 is 0 Å². The van der Waals surface area contributed by atoms with Crippen LogP contribution in [0.2, 0.25) is 5.02 Å². The van der Waals surface area contributed by atoms with Crippen LogP contribution in [0.3, 0.4) is 0 Å². The van der Waals surface area contributed by atoms with E-state index in [1.54, 1.807) is 4.90 Å². The number of quaternary nitrogens is 2. The van der Waals surface area contributed by atoms with Crippen LogP contribution < -0.4 is 15.1 Å². The van der Waals surface area contributed by atoms with Crippen molar-refractivity contribution in [2.24, 2.45) is 0 Å². The summed E-state index contributed by atoms with van der Waals surface area (Å²) < 4.78 is 0. The van der Waals surface area contributed by atoms with Crippen LogP contribution in [0.25, 0.3) is 0 Å². The summed E-state index contributed by atoms with van der Waals surface area (Å²) >= 11 is 5.87. The minimum Gasteiger partial charge on any atom is -0.345 e. The molecule has 1 aromatic carbocycles. The van der Waals surface area contributed by atoms with Crippen molar-refractivity contribution in [3.05, 3.63) is 34.9 Å². The molecule has 0 aromatic heterocycles. The summed E-state index contributed by atoms with van der Waals surface area (Å²) in [6.45, 7) is 7.03. The van der Waals surface area contributed by atoms with Crippen LogP contribution >= 0.6 is 11.6 Å². The van der Waals surface area contributed by atoms with Crippen LogP contribution in [0.4, 0.5) is 0 Å². The average Bonchev–Trinajstić information content (AvgIpc) is 2.42. The number of rotatable bonds is 4. The van der Waals surface area contributed by atoms with Gasteiger partial charge >= 0.3 is 0 Å². The monoisotopic (exact) mass is 297 g/mol. The van der Waals surface area contributed by atoms with Gasteiger partial charge in [0.05, 0.1) is 13.1 Å². The van der Waals surface area contributed by atoms with E-state index in [2.05, 4.69) is 12.4 Å². The first-order valence-electron chi connectivity index (χ1n) is 7.24. The molecule has 0 spiro atoms. The smallest absolute Gasteiger partial charge is 0.275 e. The molecule has 1 amide bonds. The normalized spacial score (nSPS) is 24.1. The molecule has 1 fully saturated rings. The van der Waals surface area contributed by atoms with Crippen LogP contribution in [-0.2, 0) is 4.79 Å². The molecule has 1 heterocycles. The molecule has 1 atom stereocenters. The lowest BCUT2D eigenvalue weighted by atomic mass is 10.1. The van der Waals surface area contributed by atoms with Gasteiger partial charge in [-0.15, -0.1) is 0 Å². The average molecular weight is 298 g/mol. The van der Waals surface area contributed by atoms with Gasteiger partial charge < -0.3 is 15.1 Å². The van der Waals surface area contributed by atoms with Gasteiger partial charge in [-0.25, -0.2) is 0 Å². The zero-order valence-electron chi connectivity index (χ0n) is 12.2. The fraction of sp³-hybridized carbons (Fsp3) is 0.533. The molecule has 0 unspecified atom stereocenters. The summed E-state index contributed by atoms with van der Waals surface area (Å²) in [4.78, 5) is 15.0. The van der Waals surface area contributed by atoms with Crippen molar-refractivity contribution < 1.29 is 14.6 Å². The Morgan fingerprint density at radius 1 is 1.25 bits per heavy atom. The van der Waals surface area contributed by atoms with E-state index in [1.807, 2.05) is 31.2 Å². The molecule has 0 aliphatic carbocycles. The molecule has 1 saturated heterocycles. The number of halogens is 1. The Morgan fingerprint density at radius 3 is 2.45 bits per heavy atom. The number of hydrogen-bond acceptors (Lipinski definition) is 1. The SMILES string of the molecule is C[C@H](NC(=O)C[NH+]1CC[NH+](C)CC1)c1ccc(Cl)cc1. The van der Waals surface area contributed by atoms with E-state index in [1.165, 1.54) is 4.90 Å². The summed E-state index contributed by atoms with van der Waals surface area (Å²) in [5.41, 5.74) is 1.08. The Labute approximate surface area is 125 Å². The summed E-state index contributed by atoms with van der Waals surface area (Å²) in [5.74, 6) is 0.127. The van der Waals surface area contributed by atoms with Gasteiger partial charge in [0, 0.05) is 5.02 Å². The summed E-state index contributed by atoms with van der Waals surface area (Å²) in [7, 11) is 2.21. The van der Waals surface area contributed by atoms with Gasteiger partial charge in [0.2, 0.25) is 0 Å². The highest BCUT2D eigenvalue weighted by molar-refractivity contribution is 6.30. The first-order valence-corrected chi connectivity index (χ1v) is 7.62. The van der Waals surface area contributed by atoms with Gasteiger partial charge in [-0.3, -0.25) is 4.79 Å². The van der Waals surface area contributed by atoms with Gasteiger partial charge in [-0.05, 0) is 24.6 Å². The molecule has 1 aliphatic rings. The third-order valence-electron chi connectivity index (χ3n) is 3.97. The summed E-state index contributed by atoms with van der Waals surface area (Å²) in [6, 6.07) is 7.65. The maximum atomic E-state index is 12.1. The molecule has 0 saturated carbocycles. The fourth-order valence-corrected chi connectivity index (χ4v) is 2.69. The van der Waals surface area contributed by atoms with Crippen molar-refractivity contribution in [2.45, 2.75) is 13.0 Å². The van der Waals surface area contributed by atoms with E-state index in [-0.39, 0.29) is 11.9 Å². The van der Waals surface area contributed by atoms with Gasteiger partial charge in [-0.1, -0.05) is 23.7 Å². The second kappa shape index (κ2) is 7.07. The highest BCUT2D eigenvalue weighted by Crippen LogP contribution is 2.15. The summed E-state index contributed by atoms with van der Waals surface area (Å²) in [5, 5.41) is 3.78. The van der Waals surface area contributed by atoms with E-state index in [9.17, 15) is 4.79 Å². The van der Waals surface area contributed by atoms with Crippen molar-refractivity contribution in [1.82, 2.24) is 5.32 Å². The van der Waals surface area contributed by atoms with Crippen molar-refractivity contribution in [2.75, 3.05) is 39.8 Å². The second-order valence-corrected chi connectivity index (χ2v) is 6.16. The molecule has 1 aliphatic heterocycles. The maximum absolute atomic E-state index is 12.1. The largest absolute Gasteiger partial charge is 0.345 e. The van der Waals surface area contributed by atoms with Crippen LogP contribution in [-0.4, -0.2) is 45.7 Å². The van der Waals surface area contributed by atoms with Crippen LogP contribution in [0, 0.1) is 0 Å². The number of nitrogens with one attached hydrogen (secondary N) is 3. The van der Waals surface area contributed by atoms with Gasteiger partial charge in [-0.2, -0.15) is 0 Å². The third kappa shape index (κ3) is 4.47. The molecule has 110 valence electrons. The van der Waals surface area contributed by atoms with E-state index < -0.39 is 0 Å². The first-order chi connectivity index (χ1) is 9.54. The molecular weight excluding hydrogens is 274 g/mol. The van der Waals surface area contributed by atoms with E-state index in [4.69, 9.17) is 11.6 Å². The predicted octanol–water partition coefficient (Wildman–Crippen LogP) is -1.07. The standard InChI is InChI=1S/C15H22ClN3O/c1-12(13-3-5-14(16)6-4-13)17-15(20)11-19-9-7-18(2)8-10-19/h3-6,12H,7-11H2,1-2H3,(H,17,20)/p+2/t12-/m0/s1. The van der Waals surface area contributed by atoms with Gasteiger partial charge in [0.1, 0.15) is 26.2 Å². The van der Waals surface area contributed by atoms with E-state index in [0.29, 0.717) is 6.54 Å². The molecule has 20 heavy (non-hydrogen) atoms.